The number of amides is 2. The molecule has 0 spiro atoms. The number of nitrogens with one attached hydrogen (secondary N) is 1. The van der Waals surface area contributed by atoms with Crippen molar-refractivity contribution in [3.63, 3.8) is 0 Å². The van der Waals surface area contributed by atoms with Gasteiger partial charge in [-0.3, -0.25) is 9.59 Å². The van der Waals surface area contributed by atoms with Crippen LogP contribution in [0.15, 0.2) is 42.6 Å². The molecule has 1 aliphatic rings. The van der Waals surface area contributed by atoms with Gasteiger partial charge in [-0.05, 0) is 49.0 Å². The molecule has 171 valence electrons. The average molecular weight is 464 g/mol. The molecular weight excluding hydrogens is 436 g/mol. The lowest BCUT2D eigenvalue weighted by atomic mass is 9.97. The van der Waals surface area contributed by atoms with Crippen LogP contribution in [-0.4, -0.2) is 71.8 Å². The Morgan fingerprint density at radius 3 is 2.58 bits per heavy atom. The van der Waals surface area contributed by atoms with Crippen molar-refractivity contribution in [1.82, 2.24) is 19.7 Å². The number of piperazine rings is 1. The quantitative estimate of drug-likeness (QED) is 0.580. The van der Waals surface area contributed by atoms with Crippen LogP contribution in [0, 0.1) is 6.07 Å². The third-order valence-corrected chi connectivity index (χ3v) is 6.26. The van der Waals surface area contributed by atoms with Gasteiger partial charge in [0, 0.05) is 74.5 Å². The Morgan fingerprint density at radius 1 is 1.15 bits per heavy atom. The second kappa shape index (κ2) is 9.81. The van der Waals surface area contributed by atoms with Gasteiger partial charge in [0.25, 0.3) is 0 Å². The zero-order valence-corrected chi connectivity index (χ0v) is 19.9. The number of rotatable bonds is 5. The first kappa shape index (κ1) is 23.1. The number of carbonyl (C=O) groups excluding carboxylic acids is 2. The number of hydrogen-bond acceptors (Lipinski definition) is 3. The number of hydrogen-bond donors (Lipinski definition) is 1. The second-order valence-corrected chi connectivity index (χ2v) is 8.98. The Hall–Kier alpha value is -3.09. The van der Waals surface area contributed by atoms with Crippen LogP contribution in [0.5, 0.6) is 0 Å². The van der Waals surface area contributed by atoms with Gasteiger partial charge in [0.05, 0.1) is 5.02 Å². The molecule has 2 heterocycles. The standard InChI is InChI=1S/C26H28ClN4O2/c1-18(32)30-11-13-31(14-12-30)25(33)10-8-19-5-4-6-23(27)26(19)20-7-9-24-22(15-20)21(16-28-24)17-29(2)3/h4-5,7-10,15-16,28H,11-14,17H2,1-3H3/b10-8+. The minimum Gasteiger partial charge on any atom is -0.361 e. The second-order valence-electron chi connectivity index (χ2n) is 8.60. The summed E-state index contributed by atoms with van der Waals surface area (Å²) in [5.41, 5.74) is 4.97. The van der Waals surface area contributed by atoms with Crippen LogP contribution in [0.3, 0.4) is 0 Å². The van der Waals surface area contributed by atoms with E-state index in [0.717, 1.165) is 34.1 Å². The monoisotopic (exact) mass is 463 g/mol. The first-order chi connectivity index (χ1) is 15.8. The summed E-state index contributed by atoms with van der Waals surface area (Å²) in [5.74, 6) is -0.0203. The molecule has 0 saturated carbocycles. The van der Waals surface area contributed by atoms with Crippen LogP contribution in [0.1, 0.15) is 18.1 Å². The van der Waals surface area contributed by atoms with E-state index in [1.807, 2.05) is 38.5 Å². The number of aromatic nitrogens is 1. The fourth-order valence-electron chi connectivity index (χ4n) is 4.23. The van der Waals surface area contributed by atoms with Gasteiger partial charge in [-0.1, -0.05) is 29.8 Å². The molecule has 7 heteroatoms. The van der Waals surface area contributed by atoms with E-state index in [1.54, 1.807) is 28.9 Å². The fourth-order valence-corrected chi connectivity index (χ4v) is 4.51. The highest BCUT2D eigenvalue weighted by molar-refractivity contribution is 6.33. The molecule has 6 nitrogen and oxygen atoms in total. The van der Waals surface area contributed by atoms with Crippen molar-refractivity contribution in [3.05, 3.63) is 64.8 Å². The van der Waals surface area contributed by atoms with Crippen LogP contribution in [-0.2, 0) is 16.1 Å². The first-order valence-corrected chi connectivity index (χ1v) is 11.4. The zero-order chi connectivity index (χ0) is 23.5. The van der Waals surface area contributed by atoms with Crippen molar-refractivity contribution in [2.24, 2.45) is 0 Å². The molecule has 0 atom stereocenters. The van der Waals surface area contributed by atoms with Crippen molar-refractivity contribution >= 4 is 40.4 Å². The Balaban J connectivity index is 1.60. The number of benzene rings is 2. The molecule has 1 aliphatic heterocycles. The lowest BCUT2D eigenvalue weighted by Crippen LogP contribution is -2.49. The number of carbonyl (C=O) groups is 2. The third kappa shape index (κ3) is 5.13. The molecule has 0 aliphatic carbocycles. The van der Waals surface area contributed by atoms with Gasteiger partial charge in [0.1, 0.15) is 0 Å². The van der Waals surface area contributed by atoms with Crippen LogP contribution >= 0.6 is 11.6 Å². The van der Waals surface area contributed by atoms with Crippen molar-refractivity contribution in [2.45, 2.75) is 13.5 Å². The molecule has 1 N–H and O–H groups in total. The van der Waals surface area contributed by atoms with E-state index in [1.165, 1.54) is 5.56 Å². The predicted octanol–water partition coefficient (Wildman–Crippen LogP) is 4.05. The van der Waals surface area contributed by atoms with E-state index in [4.69, 9.17) is 11.6 Å². The van der Waals surface area contributed by atoms with Gasteiger partial charge >= 0.3 is 0 Å². The highest BCUT2D eigenvalue weighted by Crippen LogP contribution is 2.34. The Labute approximate surface area is 199 Å². The summed E-state index contributed by atoms with van der Waals surface area (Å²) in [7, 11) is 4.09. The fraction of sp³-hybridized carbons (Fsp3) is 0.308. The molecule has 33 heavy (non-hydrogen) atoms. The van der Waals surface area contributed by atoms with E-state index in [9.17, 15) is 9.59 Å². The smallest absolute Gasteiger partial charge is 0.246 e. The number of nitrogens with zero attached hydrogens (tertiary/aromatic N) is 3. The maximum atomic E-state index is 12.8. The lowest BCUT2D eigenvalue weighted by molar-refractivity contribution is -0.135. The lowest BCUT2D eigenvalue weighted by Gasteiger charge is -2.33. The zero-order valence-electron chi connectivity index (χ0n) is 19.2. The molecule has 1 aromatic heterocycles. The summed E-state index contributed by atoms with van der Waals surface area (Å²) in [6, 6.07) is 13.0. The van der Waals surface area contributed by atoms with Crippen molar-refractivity contribution in [1.29, 1.82) is 0 Å². The summed E-state index contributed by atoms with van der Waals surface area (Å²) in [4.78, 5) is 33.3. The number of aromatic amines is 1. The molecule has 1 radical (unpaired) electrons. The van der Waals surface area contributed by atoms with E-state index >= 15 is 0 Å². The summed E-state index contributed by atoms with van der Waals surface area (Å²) in [6.07, 6.45) is 5.44. The summed E-state index contributed by atoms with van der Waals surface area (Å²) >= 11 is 6.58. The summed E-state index contributed by atoms with van der Waals surface area (Å²) in [6.45, 7) is 4.60. The maximum absolute atomic E-state index is 12.8. The van der Waals surface area contributed by atoms with Gasteiger partial charge in [-0.25, -0.2) is 0 Å². The molecule has 1 saturated heterocycles. The van der Waals surface area contributed by atoms with Crippen molar-refractivity contribution < 1.29 is 9.59 Å². The molecule has 0 unspecified atom stereocenters. The van der Waals surface area contributed by atoms with Crippen LogP contribution in [0.4, 0.5) is 0 Å². The third-order valence-electron chi connectivity index (χ3n) is 5.97. The van der Waals surface area contributed by atoms with Gasteiger partial charge in [0.15, 0.2) is 0 Å². The van der Waals surface area contributed by atoms with Crippen molar-refractivity contribution in [3.8, 4) is 11.1 Å². The molecule has 0 bridgehead atoms. The summed E-state index contributed by atoms with van der Waals surface area (Å²) in [5, 5.41) is 1.67. The molecular formula is C26H28ClN4O2. The molecule has 4 rings (SSSR count). The van der Waals surface area contributed by atoms with Crippen LogP contribution in [0.25, 0.3) is 28.1 Å². The van der Waals surface area contributed by atoms with Crippen LogP contribution in [0.2, 0.25) is 5.02 Å². The SMILES string of the molecule is CC(=O)N1CCN(C(=O)/C=C/c2cc[c]c(Cl)c2-c2ccc3[nH]cc(CN(C)C)c3c2)CC1. The predicted molar refractivity (Wildman–Crippen MR) is 133 cm³/mol. The van der Waals surface area contributed by atoms with Gasteiger partial charge in [-0.2, -0.15) is 0 Å². The largest absolute Gasteiger partial charge is 0.361 e. The van der Waals surface area contributed by atoms with Crippen LogP contribution < -0.4 is 0 Å². The number of halogens is 1. The first-order valence-electron chi connectivity index (χ1n) is 11.0. The van der Waals surface area contributed by atoms with E-state index in [0.29, 0.717) is 31.2 Å². The number of fused-ring (bicyclic) bond motifs is 1. The Bertz CT molecular complexity index is 1210. The van der Waals surface area contributed by atoms with E-state index in [-0.39, 0.29) is 11.8 Å². The molecule has 2 aromatic carbocycles. The molecule has 3 aromatic rings. The van der Waals surface area contributed by atoms with Gasteiger partial charge < -0.3 is 19.7 Å². The van der Waals surface area contributed by atoms with Crippen molar-refractivity contribution in [2.75, 3.05) is 40.3 Å². The maximum Gasteiger partial charge on any atom is 0.246 e. The Kier molecular flexibility index (Phi) is 6.86. The molecule has 2 amide bonds. The normalized spacial score (nSPS) is 14.6. The van der Waals surface area contributed by atoms with Gasteiger partial charge in [-0.15, -0.1) is 0 Å². The highest BCUT2D eigenvalue weighted by Gasteiger charge is 2.21. The highest BCUT2D eigenvalue weighted by atomic mass is 35.5. The molecule has 1 fully saturated rings. The average Bonchev–Trinajstić information content (AvgIpc) is 3.18. The minimum absolute atomic E-state index is 0.0468. The summed E-state index contributed by atoms with van der Waals surface area (Å²) < 4.78 is 0. The topological polar surface area (TPSA) is 59.7 Å². The minimum atomic E-state index is -0.0672. The van der Waals surface area contributed by atoms with E-state index in [2.05, 4.69) is 28.1 Å². The Morgan fingerprint density at radius 2 is 1.88 bits per heavy atom. The van der Waals surface area contributed by atoms with E-state index < -0.39 is 0 Å². The number of H-pyrrole nitrogens is 1. The van der Waals surface area contributed by atoms with Gasteiger partial charge in [0.2, 0.25) is 11.8 Å².